The van der Waals surface area contributed by atoms with Gasteiger partial charge in [-0.1, -0.05) is 12.1 Å². The van der Waals surface area contributed by atoms with Gasteiger partial charge in [-0.05, 0) is 41.3 Å². The third-order valence-corrected chi connectivity index (χ3v) is 3.70. The van der Waals surface area contributed by atoms with Gasteiger partial charge in [0.2, 0.25) is 0 Å². The first-order valence-electron chi connectivity index (χ1n) is 4.55. The maximum absolute atomic E-state index is 6.20. The summed E-state index contributed by atoms with van der Waals surface area (Å²) >= 11 is 1.79. The van der Waals surface area contributed by atoms with E-state index in [4.69, 9.17) is 5.73 Å². The van der Waals surface area contributed by atoms with Gasteiger partial charge < -0.3 is 5.73 Å². The summed E-state index contributed by atoms with van der Waals surface area (Å²) in [5.74, 6) is 0. The second-order valence-electron chi connectivity index (χ2n) is 3.79. The quantitative estimate of drug-likeness (QED) is 0.733. The highest BCUT2D eigenvalue weighted by molar-refractivity contribution is 7.17. The molecule has 1 aliphatic rings. The number of fused-ring (bicyclic) bond motifs is 1. The van der Waals surface area contributed by atoms with E-state index in [1.165, 1.54) is 15.6 Å². The fraction of sp³-hybridized carbons (Fsp3) is 0.273. The SMILES string of the molecule is NC1(c2cccc3sccc23)CC1. The molecule has 0 spiro atoms. The van der Waals surface area contributed by atoms with Crippen LogP contribution in [0, 0.1) is 0 Å². The first-order chi connectivity index (χ1) is 6.30. The zero-order valence-corrected chi connectivity index (χ0v) is 8.10. The lowest BCUT2D eigenvalue weighted by Crippen LogP contribution is -2.18. The van der Waals surface area contributed by atoms with Crippen molar-refractivity contribution in [3.8, 4) is 0 Å². The van der Waals surface area contributed by atoms with E-state index in [0.717, 1.165) is 12.8 Å². The van der Waals surface area contributed by atoms with Gasteiger partial charge in [-0.15, -0.1) is 11.3 Å². The Kier molecular flexibility index (Phi) is 1.35. The molecular weight excluding hydrogens is 178 g/mol. The zero-order valence-electron chi connectivity index (χ0n) is 7.29. The molecule has 2 N–H and O–H groups in total. The third kappa shape index (κ3) is 1.02. The molecule has 13 heavy (non-hydrogen) atoms. The molecule has 1 aromatic carbocycles. The number of thiophene rings is 1. The molecule has 0 amide bonds. The van der Waals surface area contributed by atoms with Crippen molar-refractivity contribution in [2.24, 2.45) is 5.73 Å². The fourth-order valence-corrected chi connectivity index (χ4v) is 2.65. The van der Waals surface area contributed by atoms with Crippen LogP contribution in [0.4, 0.5) is 0 Å². The van der Waals surface area contributed by atoms with Crippen LogP contribution in [0.5, 0.6) is 0 Å². The summed E-state index contributed by atoms with van der Waals surface area (Å²) < 4.78 is 1.36. The maximum Gasteiger partial charge on any atom is 0.0417 e. The molecule has 0 unspecified atom stereocenters. The lowest BCUT2D eigenvalue weighted by molar-refractivity contribution is 0.748. The summed E-state index contributed by atoms with van der Waals surface area (Å²) in [6.45, 7) is 0. The number of nitrogens with two attached hydrogens (primary N) is 1. The predicted octanol–water partition coefficient (Wildman–Crippen LogP) is 2.85. The van der Waals surface area contributed by atoms with E-state index in [2.05, 4.69) is 29.6 Å². The van der Waals surface area contributed by atoms with Gasteiger partial charge in [0.15, 0.2) is 0 Å². The van der Waals surface area contributed by atoms with Gasteiger partial charge in [0, 0.05) is 10.2 Å². The molecular formula is C11H11NS. The molecule has 3 rings (SSSR count). The van der Waals surface area contributed by atoms with E-state index < -0.39 is 0 Å². The molecule has 0 bridgehead atoms. The van der Waals surface area contributed by atoms with Crippen molar-refractivity contribution in [3.63, 3.8) is 0 Å². The average molecular weight is 189 g/mol. The van der Waals surface area contributed by atoms with Gasteiger partial charge in [-0.2, -0.15) is 0 Å². The Balaban J connectivity index is 2.33. The molecule has 2 heteroatoms. The van der Waals surface area contributed by atoms with Gasteiger partial charge in [-0.25, -0.2) is 0 Å². The van der Waals surface area contributed by atoms with E-state index in [-0.39, 0.29) is 5.54 Å². The third-order valence-electron chi connectivity index (χ3n) is 2.82. The minimum absolute atomic E-state index is 0.000579. The van der Waals surface area contributed by atoms with Gasteiger partial charge in [0.05, 0.1) is 0 Å². The number of hydrogen-bond acceptors (Lipinski definition) is 2. The normalized spacial score (nSPS) is 19.2. The largest absolute Gasteiger partial charge is 0.321 e. The van der Waals surface area contributed by atoms with Crippen molar-refractivity contribution in [2.75, 3.05) is 0 Å². The molecule has 66 valence electrons. The van der Waals surface area contributed by atoms with Crippen LogP contribution in [0.15, 0.2) is 29.6 Å². The smallest absolute Gasteiger partial charge is 0.0417 e. The van der Waals surface area contributed by atoms with Gasteiger partial charge in [0.1, 0.15) is 0 Å². The lowest BCUT2D eigenvalue weighted by atomic mass is 10.0. The second-order valence-corrected chi connectivity index (χ2v) is 4.74. The number of rotatable bonds is 1. The highest BCUT2D eigenvalue weighted by Crippen LogP contribution is 2.45. The van der Waals surface area contributed by atoms with Crippen molar-refractivity contribution in [3.05, 3.63) is 35.2 Å². The first kappa shape index (κ1) is 7.54. The van der Waals surface area contributed by atoms with Crippen molar-refractivity contribution in [1.29, 1.82) is 0 Å². The Labute approximate surface area is 81.2 Å². The molecule has 0 atom stereocenters. The van der Waals surface area contributed by atoms with Crippen LogP contribution in [0.2, 0.25) is 0 Å². The molecule has 1 aliphatic carbocycles. The Hall–Kier alpha value is -0.860. The van der Waals surface area contributed by atoms with Gasteiger partial charge >= 0.3 is 0 Å². The molecule has 1 saturated carbocycles. The van der Waals surface area contributed by atoms with E-state index in [1.54, 1.807) is 11.3 Å². The fourth-order valence-electron chi connectivity index (χ4n) is 1.83. The zero-order chi connectivity index (χ0) is 8.89. The second kappa shape index (κ2) is 2.34. The Morgan fingerprint density at radius 1 is 1.23 bits per heavy atom. The standard InChI is InChI=1S/C11H11NS/c12-11(5-6-11)9-2-1-3-10-8(9)4-7-13-10/h1-4,7H,5-6,12H2. The van der Waals surface area contributed by atoms with Crippen LogP contribution in [0.1, 0.15) is 18.4 Å². The van der Waals surface area contributed by atoms with Crippen molar-refractivity contribution in [1.82, 2.24) is 0 Å². The lowest BCUT2D eigenvalue weighted by Gasteiger charge is -2.09. The monoisotopic (exact) mass is 189 g/mol. The molecule has 1 aromatic heterocycles. The molecule has 0 aliphatic heterocycles. The topological polar surface area (TPSA) is 26.0 Å². The molecule has 0 radical (unpaired) electrons. The summed E-state index contributed by atoms with van der Waals surface area (Å²) in [6, 6.07) is 8.63. The van der Waals surface area contributed by atoms with Gasteiger partial charge in [-0.3, -0.25) is 0 Å². The van der Waals surface area contributed by atoms with Crippen molar-refractivity contribution < 1.29 is 0 Å². The minimum Gasteiger partial charge on any atom is -0.321 e. The van der Waals surface area contributed by atoms with Crippen molar-refractivity contribution in [2.45, 2.75) is 18.4 Å². The molecule has 1 nitrogen and oxygen atoms in total. The van der Waals surface area contributed by atoms with E-state index in [9.17, 15) is 0 Å². The number of benzene rings is 1. The number of hydrogen-bond donors (Lipinski definition) is 1. The first-order valence-corrected chi connectivity index (χ1v) is 5.43. The van der Waals surface area contributed by atoms with Crippen LogP contribution in [0.25, 0.3) is 10.1 Å². The molecule has 0 saturated heterocycles. The summed E-state index contributed by atoms with van der Waals surface area (Å²) in [5.41, 5.74) is 7.54. The van der Waals surface area contributed by atoms with Crippen LogP contribution >= 0.6 is 11.3 Å². The van der Waals surface area contributed by atoms with Crippen molar-refractivity contribution >= 4 is 21.4 Å². The Morgan fingerprint density at radius 3 is 2.85 bits per heavy atom. The maximum atomic E-state index is 6.20. The molecule has 1 fully saturated rings. The van der Waals surface area contributed by atoms with E-state index >= 15 is 0 Å². The average Bonchev–Trinajstić information content (AvgIpc) is 2.72. The van der Waals surface area contributed by atoms with Crippen LogP contribution < -0.4 is 5.73 Å². The van der Waals surface area contributed by atoms with E-state index in [0.29, 0.717) is 0 Å². The van der Waals surface area contributed by atoms with E-state index in [1.807, 2.05) is 0 Å². The molecule has 1 heterocycles. The van der Waals surface area contributed by atoms with Crippen LogP contribution in [-0.4, -0.2) is 0 Å². The highest BCUT2D eigenvalue weighted by atomic mass is 32.1. The summed E-state index contributed by atoms with van der Waals surface area (Å²) in [6.07, 6.45) is 2.28. The Bertz CT molecular complexity index is 454. The van der Waals surface area contributed by atoms with Crippen LogP contribution in [0.3, 0.4) is 0 Å². The van der Waals surface area contributed by atoms with Crippen LogP contribution in [-0.2, 0) is 5.54 Å². The summed E-state index contributed by atoms with van der Waals surface area (Å²) in [4.78, 5) is 0. The minimum atomic E-state index is 0.000579. The summed E-state index contributed by atoms with van der Waals surface area (Å²) in [7, 11) is 0. The van der Waals surface area contributed by atoms with Gasteiger partial charge in [0.25, 0.3) is 0 Å². The Morgan fingerprint density at radius 2 is 2.08 bits per heavy atom. The summed E-state index contributed by atoms with van der Waals surface area (Å²) in [5, 5.41) is 3.49. The highest BCUT2D eigenvalue weighted by Gasteiger charge is 2.40. The molecule has 2 aromatic rings. The predicted molar refractivity (Wildman–Crippen MR) is 56.9 cm³/mol.